The molecule has 0 radical (unpaired) electrons. The summed E-state index contributed by atoms with van der Waals surface area (Å²) >= 11 is 0. The van der Waals surface area contributed by atoms with Gasteiger partial charge >= 0.3 is 0 Å². The molecule has 2 aromatic carbocycles. The second kappa shape index (κ2) is 8.90. The number of hydrogen-bond acceptors (Lipinski definition) is 3. The van der Waals surface area contributed by atoms with Crippen LogP contribution < -0.4 is 4.74 Å². The summed E-state index contributed by atoms with van der Waals surface area (Å²) in [6.45, 7) is 7.52. The highest BCUT2D eigenvalue weighted by atomic mass is 16.5. The van der Waals surface area contributed by atoms with Gasteiger partial charge in [-0.15, -0.1) is 0 Å². The minimum atomic E-state index is -0.912. The first kappa shape index (κ1) is 19.9. The summed E-state index contributed by atoms with van der Waals surface area (Å²) in [5, 5.41) is 12.1. The molecule has 1 fully saturated rings. The van der Waals surface area contributed by atoms with Crippen molar-refractivity contribution in [1.82, 2.24) is 4.90 Å². The van der Waals surface area contributed by atoms with Crippen molar-refractivity contribution in [3.63, 3.8) is 0 Å². The predicted octanol–water partition coefficient (Wildman–Crippen LogP) is 4.81. The zero-order chi connectivity index (χ0) is 19.3. The van der Waals surface area contributed by atoms with Gasteiger partial charge < -0.3 is 14.7 Å². The molecule has 0 aromatic heterocycles. The van der Waals surface area contributed by atoms with E-state index in [0.717, 1.165) is 37.4 Å². The number of hydrogen-bond donors (Lipinski definition) is 1. The van der Waals surface area contributed by atoms with Crippen LogP contribution >= 0.6 is 0 Å². The molecule has 2 atom stereocenters. The van der Waals surface area contributed by atoms with Gasteiger partial charge in [0.15, 0.2) is 0 Å². The molecule has 2 aromatic rings. The Labute approximate surface area is 164 Å². The molecular formula is C24H33NO2. The molecule has 3 rings (SSSR count). The second-order valence-corrected chi connectivity index (χ2v) is 8.22. The Bertz CT molecular complexity index is 692. The Hall–Kier alpha value is -1.84. The smallest absolute Gasteiger partial charge is 0.118 e. The molecule has 0 amide bonds. The molecule has 0 saturated carbocycles. The molecule has 1 N–H and O–H groups in total. The summed E-state index contributed by atoms with van der Waals surface area (Å²) in [6, 6.07) is 18.5. The fourth-order valence-electron chi connectivity index (χ4n) is 4.40. The van der Waals surface area contributed by atoms with E-state index in [0.29, 0.717) is 5.92 Å². The van der Waals surface area contributed by atoms with E-state index in [4.69, 9.17) is 4.74 Å². The monoisotopic (exact) mass is 367 g/mol. The van der Waals surface area contributed by atoms with Crippen LogP contribution in [0.1, 0.15) is 50.2 Å². The van der Waals surface area contributed by atoms with Crippen LogP contribution in [0.15, 0.2) is 54.6 Å². The van der Waals surface area contributed by atoms with Crippen LogP contribution in [-0.2, 0) is 5.60 Å². The number of rotatable bonds is 8. The number of methoxy groups -OCH3 is 1. The van der Waals surface area contributed by atoms with Gasteiger partial charge in [0.1, 0.15) is 5.75 Å². The van der Waals surface area contributed by atoms with Crippen LogP contribution in [0.25, 0.3) is 0 Å². The third-order valence-electron chi connectivity index (χ3n) is 5.73. The fourth-order valence-corrected chi connectivity index (χ4v) is 4.40. The minimum Gasteiger partial charge on any atom is -0.497 e. The van der Waals surface area contributed by atoms with E-state index in [1.165, 1.54) is 18.4 Å². The Morgan fingerprint density at radius 2 is 1.63 bits per heavy atom. The SMILES string of the molecule is COc1ccc([C@](O)(CC(C)C)[C@H](CN2CCCC2)c2ccccc2)cc1. The van der Waals surface area contributed by atoms with Gasteiger partial charge in [0, 0.05) is 12.5 Å². The summed E-state index contributed by atoms with van der Waals surface area (Å²) in [7, 11) is 1.68. The third-order valence-corrected chi connectivity index (χ3v) is 5.73. The van der Waals surface area contributed by atoms with E-state index in [2.05, 4.69) is 43.0 Å². The van der Waals surface area contributed by atoms with Crippen molar-refractivity contribution in [2.24, 2.45) is 5.92 Å². The third kappa shape index (κ3) is 4.72. The molecule has 0 unspecified atom stereocenters. The van der Waals surface area contributed by atoms with Crippen molar-refractivity contribution in [3.8, 4) is 5.75 Å². The maximum atomic E-state index is 12.1. The average molecular weight is 368 g/mol. The highest BCUT2D eigenvalue weighted by Crippen LogP contribution is 2.43. The van der Waals surface area contributed by atoms with Gasteiger partial charge in [-0.2, -0.15) is 0 Å². The van der Waals surface area contributed by atoms with Gasteiger partial charge in [-0.1, -0.05) is 56.3 Å². The van der Waals surface area contributed by atoms with Crippen molar-refractivity contribution >= 4 is 0 Å². The molecule has 1 aliphatic rings. The van der Waals surface area contributed by atoms with Gasteiger partial charge in [0.2, 0.25) is 0 Å². The predicted molar refractivity (Wildman–Crippen MR) is 111 cm³/mol. The average Bonchev–Trinajstić information content (AvgIpc) is 3.19. The van der Waals surface area contributed by atoms with E-state index in [-0.39, 0.29) is 5.92 Å². The van der Waals surface area contributed by atoms with Crippen molar-refractivity contribution < 1.29 is 9.84 Å². The Morgan fingerprint density at radius 1 is 1.00 bits per heavy atom. The van der Waals surface area contributed by atoms with Crippen LogP contribution in [0, 0.1) is 5.92 Å². The number of aliphatic hydroxyl groups is 1. The summed E-state index contributed by atoms with van der Waals surface area (Å²) in [5.41, 5.74) is 1.28. The molecule has 146 valence electrons. The van der Waals surface area contributed by atoms with E-state index >= 15 is 0 Å². The van der Waals surface area contributed by atoms with Crippen molar-refractivity contribution in [2.75, 3.05) is 26.7 Å². The topological polar surface area (TPSA) is 32.7 Å². The maximum absolute atomic E-state index is 12.1. The Kier molecular flexibility index (Phi) is 6.56. The first-order chi connectivity index (χ1) is 13.0. The molecule has 1 heterocycles. The first-order valence-electron chi connectivity index (χ1n) is 10.2. The first-order valence-corrected chi connectivity index (χ1v) is 10.2. The van der Waals surface area contributed by atoms with Gasteiger partial charge in [-0.3, -0.25) is 0 Å². The summed E-state index contributed by atoms with van der Waals surface area (Å²) < 4.78 is 5.33. The Balaban J connectivity index is 2.02. The van der Waals surface area contributed by atoms with Crippen LogP contribution in [0.3, 0.4) is 0 Å². The largest absolute Gasteiger partial charge is 0.497 e. The summed E-state index contributed by atoms with van der Waals surface area (Å²) in [4.78, 5) is 2.51. The van der Waals surface area contributed by atoms with E-state index in [1.54, 1.807) is 7.11 Å². The number of likely N-dealkylation sites (tertiary alicyclic amines) is 1. The molecule has 1 saturated heterocycles. The maximum Gasteiger partial charge on any atom is 0.118 e. The van der Waals surface area contributed by atoms with Crippen LogP contribution in [0.4, 0.5) is 0 Å². The van der Waals surface area contributed by atoms with Crippen molar-refractivity contribution in [2.45, 2.75) is 44.6 Å². The molecule has 3 nitrogen and oxygen atoms in total. The van der Waals surface area contributed by atoms with Crippen LogP contribution in [-0.4, -0.2) is 36.8 Å². The number of benzene rings is 2. The number of nitrogens with zero attached hydrogens (tertiary/aromatic N) is 1. The van der Waals surface area contributed by atoms with E-state index in [9.17, 15) is 5.11 Å². The lowest BCUT2D eigenvalue weighted by Crippen LogP contribution is -2.41. The van der Waals surface area contributed by atoms with Gasteiger partial charge in [-0.05, 0) is 61.5 Å². The van der Waals surface area contributed by atoms with Gasteiger partial charge in [0.25, 0.3) is 0 Å². The normalized spacial score (nSPS) is 18.4. The standard InChI is InChI=1S/C24H33NO2/c1-19(2)17-24(26,21-11-13-22(27-3)14-12-21)23(18-25-15-7-8-16-25)20-9-5-4-6-10-20/h4-6,9-14,19,23,26H,7-8,15-18H2,1-3H3/t23-,24-/m1/s1. The van der Waals surface area contributed by atoms with Gasteiger partial charge in [-0.25, -0.2) is 0 Å². The second-order valence-electron chi connectivity index (χ2n) is 8.22. The Morgan fingerprint density at radius 3 is 2.19 bits per heavy atom. The number of ether oxygens (including phenoxy) is 1. The van der Waals surface area contributed by atoms with Crippen molar-refractivity contribution in [3.05, 3.63) is 65.7 Å². The zero-order valence-corrected chi connectivity index (χ0v) is 16.9. The van der Waals surface area contributed by atoms with E-state index < -0.39 is 5.60 Å². The van der Waals surface area contributed by atoms with Crippen LogP contribution in [0.5, 0.6) is 5.75 Å². The van der Waals surface area contributed by atoms with E-state index in [1.807, 2.05) is 30.3 Å². The lowest BCUT2D eigenvalue weighted by molar-refractivity contribution is -0.0213. The molecule has 0 bridgehead atoms. The highest BCUT2D eigenvalue weighted by molar-refractivity contribution is 5.35. The highest BCUT2D eigenvalue weighted by Gasteiger charge is 2.41. The molecular weight excluding hydrogens is 334 g/mol. The summed E-state index contributed by atoms with van der Waals surface area (Å²) in [6.07, 6.45) is 3.24. The zero-order valence-electron chi connectivity index (χ0n) is 16.9. The minimum absolute atomic E-state index is 0.0348. The van der Waals surface area contributed by atoms with Crippen molar-refractivity contribution in [1.29, 1.82) is 0 Å². The quantitative estimate of drug-likeness (QED) is 0.727. The lowest BCUT2D eigenvalue weighted by atomic mass is 9.72. The fraction of sp³-hybridized carbons (Fsp3) is 0.500. The van der Waals surface area contributed by atoms with Gasteiger partial charge in [0.05, 0.1) is 12.7 Å². The lowest BCUT2D eigenvalue weighted by Gasteiger charge is -2.40. The van der Waals surface area contributed by atoms with Crippen LogP contribution in [0.2, 0.25) is 0 Å². The molecule has 1 aliphatic heterocycles. The molecule has 0 aliphatic carbocycles. The molecule has 27 heavy (non-hydrogen) atoms. The summed E-state index contributed by atoms with van der Waals surface area (Å²) in [5.74, 6) is 1.25. The molecule has 3 heteroatoms. The molecule has 0 spiro atoms.